The quantitative estimate of drug-likeness (QED) is 0.303. The highest BCUT2D eigenvalue weighted by molar-refractivity contribution is 8.03. The van der Waals surface area contributed by atoms with E-state index in [9.17, 15) is 30.0 Å². The lowest BCUT2D eigenvalue weighted by Crippen LogP contribution is -2.54. The van der Waals surface area contributed by atoms with Gasteiger partial charge in [-0.15, -0.1) is 0 Å². The number of hydrogen-bond acceptors (Lipinski definition) is 5. The molecule has 4 aliphatic carbocycles. The van der Waals surface area contributed by atoms with Crippen LogP contribution in [0.4, 0.5) is 13.2 Å². The van der Waals surface area contributed by atoms with Crippen LogP contribution in [0.1, 0.15) is 112 Å². The zero-order valence-corrected chi connectivity index (χ0v) is 25.7. The third-order valence-electron chi connectivity index (χ3n) is 11.6. The minimum absolute atomic E-state index is 0.0420. The molecule has 0 saturated heterocycles. The van der Waals surface area contributed by atoms with Crippen LogP contribution in [0.5, 0.6) is 0 Å². The number of sulfonamides is 1. The molecule has 228 valence electrons. The number of fused-ring (bicyclic) bond motifs is 5. The monoisotopic (exact) mass is 599 g/mol. The molecule has 0 heterocycles. The smallest absolute Gasteiger partial charge is 0.254 e. The van der Waals surface area contributed by atoms with Crippen molar-refractivity contribution in [3.8, 4) is 0 Å². The van der Waals surface area contributed by atoms with E-state index in [1.165, 1.54) is 44.9 Å². The molecule has 0 aromatic rings. The highest BCUT2D eigenvalue weighted by Crippen LogP contribution is 2.68. The zero-order chi connectivity index (χ0) is 29.0. The molecular formula is C28H48F3NO5S2. The number of nitrogens with one attached hydrogen (secondary N) is 1. The van der Waals surface area contributed by atoms with Gasteiger partial charge in [0.2, 0.25) is 0 Å². The largest absolute Gasteiger partial charge is 0.512 e. The summed E-state index contributed by atoms with van der Waals surface area (Å²) in [6.07, 6.45) is 11.7. The van der Waals surface area contributed by atoms with Gasteiger partial charge in [-0.1, -0.05) is 58.0 Å². The normalized spacial score (nSPS) is 40.1. The Labute approximate surface area is 233 Å². The van der Waals surface area contributed by atoms with Crippen LogP contribution in [-0.2, 0) is 24.5 Å². The van der Waals surface area contributed by atoms with E-state index in [-0.39, 0.29) is 11.3 Å². The maximum atomic E-state index is 12.7. The Morgan fingerprint density at radius 3 is 2.15 bits per heavy atom. The molecule has 0 radical (unpaired) electrons. The van der Waals surface area contributed by atoms with E-state index in [1.807, 2.05) is 0 Å². The van der Waals surface area contributed by atoms with Gasteiger partial charge in [0.1, 0.15) is 0 Å². The summed E-state index contributed by atoms with van der Waals surface area (Å²) < 4.78 is 90.7. The molecule has 0 aliphatic heterocycles. The fraction of sp³-hybridized carbons (Fsp3) is 1.00. The third-order valence-corrected chi connectivity index (χ3v) is 14.4. The van der Waals surface area contributed by atoms with Gasteiger partial charge in [-0.05, 0) is 110 Å². The summed E-state index contributed by atoms with van der Waals surface area (Å²) in [4.78, 5) is 0. The van der Waals surface area contributed by atoms with E-state index in [2.05, 4.69) is 34.6 Å². The van der Waals surface area contributed by atoms with Gasteiger partial charge in [-0.2, -0.15) is 21.6 Å². The Morgan fingerprint density at radius 1 is 0.872 bits per heavy atom. The molecule has 4 rings (SSSR count). The summed E-state index contributed by atoms with van der Waals surface area (Å²) in [6.45, 7) is 11.9. The van der Waals surface area contributed by atoms with E-state index >= 15 is 0 Å². The predicted molar refractivity (Wildman–Crippen MR) is 145 cm³/mol. The average molecular weight is 600 g/mol. The second-order valence-corrected chi connectivity index (χ2v) is 17.4. The number of rotatable bonds is 9. The van der Waals surface area contributed by atoms with Crippen LogP contribution >= 0.6 is 0 Å². The minimum atomic E-state index is -6.05. The van der Waals surface area contributed by atoms with Crippen LogP contribution < -0.4 is 4.13 Å². The van der Waals surface area contributed by atoms with Gasteiger partial charge in [0.05, 0.1) is 6.10 Å². The van der Waals surface area contributed by atoms with Gasteiger partial charge in [-0.3, -0.25) is 4.18 Å². The molecule has 4 aliphatic rings. The fourth-order valence-electron chi connectivity index (χ4n) is 9.71. The Balaban J connectivity index is 1.40. The SMILES string of the molecule is CC(C)CCCC(C)C1CCC2C3CCC4CC(OS(=O)(=O)NS(=O)(=O)C(F)(F)F)CCC4(C)C3CCC12C. The van der Waals surface area contributed by atoms with Crippen LogP contribution in [0.2, 0.25) is 0 Å². The molecule has 9 unspecified atom stereocenters. The van der Waals surface area contributed by atoms with E-state index < -0.39 is 31.9 Å². The van der Waals surface area contributed by atoms with Crippen LogP contribution in [0.25, 0.3) is 0 Å². The standard InChI is InChI=1S/C28H48F3NO5S2/c1-18(2)7-6-8-19(3)23-11-12-24-22-10-9-20-17-21(37-39(35,36)32-38(33,34)28(29,30)31)13-15-26(20,4)25(22)14-16-27(23,24)5/h18-25,32H,6-17H2,1-5H3. The van der Waals surface area contributed by atoms with Crippen molar-refractivity contribution in [3.05, 3.63) is 0 Å². The molecule has 0 aromatic carbocycles. The zero-order valence-electron chi connectivity index (χ0n) is 24.1. The van der Waals surface area contributed by atoms with Gasteiger partial charge in [0.25, 0.3) is 0 Å². The Hall–Kier alpha value is -0.390. The molecule has 9 atom stereocenters. The van der Waals surface area contributed by atoms with E-state index in [1.54, 1.807) is 0 Å². The summed E-state index contributed by atoms with van der Waals surface area (Å²) in [5, 5.41) is 0. The van der Waals surface area contributed by atoms with Crippen LogP contribution in [0.15, 0.2) is 0 Å². The number of halogens is 3. The Morgan fingerprint density at radius 2 is 1.51 bits per heavy atom. The summed E-state index contributed by atoms with van der Waals surface area (Å²) in [7, 11) is -11.2. The first-order chi connectivity index (χ1) is 17.9. The van der Waals surface area contributed by atoms with Crippen molar-refractivity contribution in [1.29, 1.82) is 0 Å². The first kappa shape index (κ1) is 31.5. The van der Waals surface area contributed by atoms with Crippen LogP contribution in [0.3, 0.4) is 0 Å². The summed E-state index contributed by atoms with van der Waals surface area (Å²) >= 11 is 0. The Kier molecular flexibility index (Phi) is 8.92. The summed E-state index contributed by atoms with van der Waals surface area (Å²) in [5.41, 5.74) is -5.31. The van der Waals surface area contributed by atoms with Gasteiger partial charge in [0.15, 0.2) is 0 Å². The lowest BCUT2D eigenvalue weighted by Gasteiger charge is -2.61. The van der Waals surface area contributed by atoms with Crippen molar-refractivity contribution in [2.75, 3.05) is 0 Å². The minimum Gasteiger partial charge on any atom is -0.254 e. The molecule has 6 nitrogen and oxygen atoms in total. The number of hydrogen-bond donors (Lipinski definition) is 1. The van der Waals surface area contributed by atoms with E-state index in [0.29, 0.717) is 34.2 Å². The van der Waals surface area contributed by atoms with Crippen LogP contribution in [-0.4, -0.2) is 28.4 Å². The van der Waals surface area contributed by atoms with Gasteiger partial charge < -0.3 is 0 Å². The van der Waals surface area contributed by atoms with Crippen molar-refractivity contribution in [3.63, 3.8) is 0 Å². The molecule has 0 bridgehead atoms. The highest BCUT2D eigenvalue weighted by Gasteiger charge is 2.61. The van der Waals surface area contributed by atoms with Crippen LogP contribution in [0, 0.1) is 52.3 Å². The van der Waals surface area contributed by atoms with Crippen molar-refractivity contribution >= 4 is 20.3 Å². The fourth-order valence-corrected chi connectivity index (χ4v) is 11.9. The molecule has 39 heavy (non-hydrogen) atoms. The van der Waals surface area contributed by atoms with E-state index in [0.717, 1.165) is 42.9 Å². The van der Waals surface area contributed by atoms with Crippen molar-refractivity contribution in [2.45, 2.75) is 123 Å². The highest BCUT2D eigenvalue weighted by atomic mass is 32.3. The van der Waals surface area contributed by atoms with Gasteiger partial charge in [-0.25, -0.2) is 8.42 Å². The molecule has 4 fully saturated rings. The van der Waals surface area contributed by atoms with Crippen molar-refractivity contribution < 1.29 is 34.2 Å². The lowest BCUT2D eigenvalue weighted by molar-refractivity contribution is -0.126. The second-order valence-electron chi connectivity index (χ2n) is 14.2. The first-order valence-corrected chi connectivity index (χ1v) is 17.8. The molecule has 0 amide bonds. The first-order valence-electron chi connectivity index (χ1n) is 14.9. The van der Waals surface area contributed by atoms with Crippen molar-refractivity contribution in [1.82, 2.24) is 4.13 Å². The molecule has 4 saturated carbocycles. The molecule has 11 heteroatoms. The lowest BCUT2D eigenvalue weighted by atomic mass is 9.44. The predicted octanol–water partition coefficient (Wildman–Crippen LogP) is 7.18. The maximum absolute atomic E-state index is 12.7. The van der Waals surface area contributed by atoms with Gasteiger partial charge in [0, 0.05) is 0 Å². The molecular weight excluding hydrogens is 551 g/mol. The molecule has 1 N–H and O–H groups in total. The van der Waals surface area contributed by atoms with Crippen molar-refractivity contribution in [2.24, 2.45) is 52.3 Å². The second kappa shape index (κ2) is 11.0. The van der Waals surface area contributed by atoms with E-state index in [4.69, 9.17) is 4.18 Å². The summed E-state index contributed by atoms with van der Waals surface area (Å²) in [5.74, 6) is 4.42. The summed E-state index contributed by atoms with van der Waals surface area (Å²) in [6, 6.07) is 0. The Bertz CT molecular complexity index is 1090. The molecule has 0 aromatic heterocycles. The topological polar surface area (TPSA) is 89.5 Å². The average Bonchev–Trinajstić information content (AvgIpc) is 3.14. The third kappa shape index (κ3) is 6.21. The molecule has 0 spiro atoms. The maximum Gasteiger partial charge on any atom is 0.512 e. The number of alkyl halides is 3. The van der Waals surface area contributed by atoms with Gasteiger partial charge >= 0.3 is 25.8 Å².